The SMILES string of the molecule is Cc1nc(N2CCC3(CC2)CCN(c2cnc4c(C)nn(CC(F)F)c4n2)C3)cc(C(F)(F)F)n1. The summed E-state index contributed by atoms with van der Waals surface area (Å²) in [6.07, 6.45) is -2.91. The number of alkyl halides is 5. The topological polar surface area (TPSA) is 75.9 Å². The summed E-state index contributed by atoms with van der Waals surface area (Å²) in [6.45, 7) is 5.28. The molecule has 3 aromatic rings. The zero-order valence-electron chi connectivity index (χ0n) is 19.4. The first-order chi connectivity index (χ1) is 16.5. The number of hydrogen-bond acceptors (Lipinski definition) is 7. The fourth-order valence-electron chi connectivity index (χ4n) is 5.10. The third-order valence-electron chi connectivity index (χ3n) is 6.94. The summed E-state index contributed by atoms with van der Waals surface area (Å²) >= 11 is 0. The molecule has 2 saturated heterocycles. The largest absolute Gasteiger partial charge is 0.433 e. The molecule has 1 spiro atoms. The lowest BCUT2D eigenvalue weighted by Crippen LogP contribution is -2.42. The molecule has 0 unspecified atom stereocenters. The average Bonchev–Trinajstić information content (AvgIpc) is 3.34. The smallest absolute Gasteiger partial charge is 0.356 e. The van der Waals surface area contributed by atoms with Crippen LogP contribution in [0.2, 0.25) is 0 Å². The van der Waals surface area contributed by atoms with E-state index in [0.29, 0.717) is 41.6 Å². The molecule has 3 aromatic heterocycles. The molecule has 5 rings (SSSR count). The van der Waals surface area contributed by atoms with Crippen LogP contribution in [0.1, 0.15) is 36.5 Å². The lowest BCUT2D eigenvalue weighted by molar-refractivity contribution is -0.141. The lowest BCUT2D eigenvalue weighted by Gasteiger charge is -2.40. The number of aromatic nitrogens is 6. The summed E-state index contributed by atoms with van der Waals surface area (Å²) in [5, 5.41) is 4.15. The normalized spacial score (nSPS) is 18.4. The molecule has 0 atom stereocenters. The summed E-state index contributed by atoms with van der Waals surface area (Å²) in [4.78, 5) is 20.8. The average molecular weight is 496 g/mol. The second-order valence-electron chi connectivity index (χ2n) is 9.37. The number of rotatable bonds is 4. The summed E-state index contributed by atoms with van der Waals surface area (Å²) in [5.74, 6) is 1.01. The Morgan fingerprint density at radius 2 is 1.66 bits per heavy atom. The Hall–Kier alpha value is -3.12. The van der Waals surface area contributed by atoms with E-state index in [1.807, 2.05) is 4.90 Å². The molecule has 8 nitrogen and oxygen atoms in total. The molecule has 0 bridgehead atoms. The van der Waals surface area contributed by atoms with E-state index in [4.69, 9.17) is 0 Å². The van der Waals surface area contributed by atoms with E-state index in [0.717, 1.165) is 38.4 Å². The molecule has 0 aliphatic carbocycles. The Kier molecular flexibility index (Phi) is 5.75. The van der Waals surface area contributed by atoms with Crippen molar-refractivity contribution in [1.82, 2.24) is 29.7 Å². The van der Waals surface area contributed by atoms with Crippen molar-refractivity contribution in [3.05, 3.63) is 29.5 Å². The fraction of sp³-hybridized carbons (Fsp3) is 0.591. The molecule has 2 aliphatic heterocycles. The quantitative estimate of drug-likeness (QED) is 0.505. The Bertz CT molecular complexity index is 1230. The van der Waals surface area contributed by atoms with Crippen LogP contribution in [0.15, 0.2) is 12.3 Å². The highest BCUT2D eigenvalue weighted by Crippen LogP contribution is 2.42. The first-order valence-corrected chi connectivity index (χ1v) is 11.4. The molecule has 2 aliphatic rings. The number of piperidine rings is 1. The number of anilines is 2. The first kappa shape index (κ1) is 23.6. The van der Waals surface area contributed by atoms with Crippen LogP contribution in [-0.2, 0) is 12.7 Å². The third-order valence-corrected chi connectivity index (χ3v) is 6.94. The summed E-state index contributed by atoms with van der Waals surface area (Å²) < 4.78 is 66.7. The predicted octanol–water partition coefficient (Wildman–Crippen LogP) is 4.01. The van der Waals surface area contributed by atoms with Gasteiger partial charge in [-0.25, -0.2) is 33.4 Å². The molecule has 0 amide bonds. The van der Waals surface area contributed by atoms with Crippen LogP contribution in [-0.4, -0.2) is 62.3 Å². The van der Waals surface area contributed by atoms with Crippen molar-refractivity contribution in [1.29, 1.82) is 0 Å². The minimum Gasteiger partial charge on any atom is -0.356 e. The molecule has 5 heterocycles. The van der Waals surface area contributed by atoms with E-state index in [2.05, 4.69) is 29.9 Å². The molecule has 0 aromatic carbocycles. The Labute approximate surface area is 198 Å². The number of nitrogens with zero attached hydrogens (tertiary/aromatic N) is 8. The van der Waals surface area contributed by atoms with Crippen molar-refractivity contribution in [2.24, 2.45) is 5.41 Å². The van der Waals surface area contributed by atoms with Crippen LogP contribution in [0.3, 0.4) is 0 Å². The van der Waals surface area contributed by atoms with Gasteiger partial charge in [0.2, 0.25) is 0 Å². The van der Waals surface area contributed by atoms with Crippen LogP contribution >= 0.6 is 0 Å². The van der Waals surface area contributed by atoms with Crippen molar-refractivity contribution < 1.29 is 22.0 Å². The molecule has 0 radical (unpaired) electrons. The van der Waals surface area contributed by atoms with Gasteiger partial charge in [-0.3, -0.25) is 0 Å². The van der Waals surface area contributed by atoms with Crippen LogP contribution in [0.5, 0.6) is 0 Å². The van der Waals surface area contributed by atoms with Crippen LogP contribution in [0.25, 0.3) is 11.2 Å². The summed E-state index contributed by atoms with van der Waals surface area (Å²) in [7, 11) is 0. The Morgan fingerprint density at radius 3 is 2.31 bits per heavy atom. The van der Waals surface area contributed by atoms with Gasteiger partial charge in [0.1, 0.15) is 35.2 Å². The van der Waals surface area contributed by atoms with E-state index >= 15 is 0 Å². The van der Waals surface area contributed by atoms with Gasteiger partial charge in [-0.15, -0.1) is 0 Å². The van der Waals surface area contributed by atoms with Gasteiger partial charge in [-0.1, -0.05) is 0 Å². The van der Waals surface area contributed by atoms with Gasteiger partial charge in [0.15, 0.2) is 5.65 Å². The van der Waals surface area contributed by atoms with Gasteiger partial charge in [0, 0.05) is 32.2 Å². The molecule has 2 fully saturated rings. The van der Waals surface area contributed by atoms with Crippen molar-refractivity contribution in [3.8, 4) is 0 Å². The third kappa shape index (κ3) is 4.59. The van der Waals surface area contributed by atoms with Crippen molar-refractivity contribution in [2.75, 3.05) is 36.0 Å². The summed E-state index contributed by atoms with van der Waals surface area (Å²) in [5.41, 5.74) is 0.480. The van der Waals surface area contributed by atoms with E-state index < -0.39 is 24.8 Å². The highest BCUT2D eigenvalue weighted by atomic mass is 19.4. The minimum atomic E-state index is -4.52. The van der Waals surface area contributed by atoms with E-state index in [1.165, 1.54) is 11.6 Å². The zero-order valence-corrected chi connectivity index (χ0v) is 19.4. The monoisotopic (exact) mass is 496 g/mol. The van der Waals surface area contributed by atoms with Gasteiger partial charge in [-0.2, -0.15) is 18.3 Å². The van der Waals surface area contributed by atoms with Crippen LogP contribution in [0, 0.1) is 19.3 Å². The Morgan fingerprint density at radius 1 is 0.971 bits per heavy atom. The van der Waals surface area contributed by atoms with Crippen LogP contribution < -0.4 is 9.80 Å². The molecule has 188 valence electrons. The maximum Gasteiger partial charge on any atom is 0.433 e. The highest BCUT2D eigenvalue weighted by Gasteiger charge is 2.42. The fourth-order valence-corrected chi connectivity index (χ4v) is 5.10. The summed E-state index contributed by atoms with van der Waals surface area (Å²) in [6, 6.07) is 1.02. The van der Waals surface area contributed by atoms with Gasteiger partial charge in [0.05, 0.1) is 11.9 Å². The molecule has 35 heavy (non-hydrogen) atoms. The van der Waals surface area contributed by atoms with Crippen LogP contribution in [0.4, 0.5) is 33.6 Å². The molecule has 0 saturated carbocycles. The predicted molar refractivity (Wildman–Crippen MR) is 119 cm³/mol. The second-order valence-corrected chi connectivity index (χ2v) is 9.37. The molecular weight excluding hydrogens is 471 g/mol. The van der Waals surface area contributed by atoms with E-state index in [-0.39, 0.29) is 11.2 Å². The zero-order chi connectivity index (χ0) is 25.0. The van der Waals surface area contributed by atoms with Gasteiger partial charge >= 0.3 is 6.18 Å². The van der Waals surface area contributed by atoms with Crippen molar-refractivity contribution in [3.63, 3.8) is 0 Å². The standard InChI is InChI=1S/C22H25F5N8/c1-13-19-20(35(32-13)11-16(23)24)31-18(10-28-19)34-8-5-21(12-34)3-6-33(7-4-21)17-9-15(22(25,26)27)29-14(2)30-17/h9-10,16H,3-8,11-12H2,1-2H3. The number of halogens is 5. The highest BCUT2D eigenvalue weighted by molar-refractivity contribution is 5.74. The van der Waals surface area contributed by atoms with E-state index in [9.17, 15) is 22.0 Å². The van der Waals surface area contributed by atoms with Gasteiger partial charge < -0.3 is 9.80 Å². The van der Waals surface area contributed by atoms with Crippen molar-refractivity contribution in [2.45, 2.75) is 52.3 Å². The Balaban J connectivity index is 1.30. The first-order valence-electron chi connectivity index (χ1n) is 11.4. The van der Waals surface area contributed by atoms with Gasteiger partial charge in [0.25, 0.3) is 6.43 Å². The number of hydrogen-bond donors (Lipinski definition) is 0. The second kappa shape index (κ2) is 8.52. The molecule has 13 heteroatoms. The molecule has 0 N–H and O–H groups in total. The maximum atomic E-state index is 13.2. The number of fused-ring (bicyclic) bond motifs is 1. The molecular formula is C22H25F5N8. The van der Waals surface area contributed by atoms with Crippen molar-refractivity contribution >= 4 is 22.8 Å². The lowest BCUT2D eigenvalue weighted by atomic mass is 9.78. The minimum absolute atomic E-state index is 0.00119. The maximum absolute atomic E-state index is 13.2. The van der Waals surface area contributed by atoms with E-state index in [1.54, 1.807) is 13.1 Å². The number of aryl methyl sites for hydroxylation is 2. The van der Waals surface area contributed by atoms with Gasteiger partial charge in [-0.05, 0) is 38.5 Å².